The first-order valence-corrected chi connectivity index (χ1v) is 7.06. The minimum atomic E-state index is -0.746. The van der Waals surface area contributed by atoms with Gasteiger partial charge in [-0.05, 0) is 45.3 Å². The zero-order valence-corrected chi connectivity index (χ0v) is 11.7. The molecule has 100 valence electrons. The van der Waals surface area contributed by atoms with Gasteiger partial charge in [-0.3, -0.25) is 0 Å². The van der Waals surface area contributed by atoms with Gasteiger partial charge in [0.1, 0.15) is 6.10 Å². The van der Waals surface area contributed by atoms with Crippen molar-refractivity contribution in [3.8, 4) is 11.8 Å². The third-order valence-electron chi connectivity index (χ3n) is 4.12. The van der Waals surface area contributed by atoms with E-state index in [0.29, 0.717) is 0 Å². The number of hydrogen-bond donors (Lipinski definition) is 1. The molecule has 0 bridgehead atoms. The zero-order chi connectivity index (χ0) is 14.4. The number of rotatable bonds is 1. The van der Waals surface area contributed by atoms with E-state index >= 15 is 0 Å². The molecule has 0 aliphatic rings. The average molecular weight is 270 g/mol. The first kappa shape index (κ1) is 12.2. The molecule has 0 aliphatic carbocycles. The van der Waals surface area contributed by atoms with Crippen molar-refractivity contribution < 1.29 is 5.11 Å². The molecule has 4 rings (SSSR count). The predicted octanol–water partition coefficient (Wildman–Crippen LogP) is 4.64. The molecule has 21 heavy (non-hydrogen) atoms. The minimum absolute atomic E-state index is 0.746. The molecular formula is C20H14O. The molecule has 0 radical (unpaired) electrons. The van der Waals surface area contributed by atoms with Crippen LogP contribution < -0.4 is 0 Å². The van der Waals surface area contributed by atoms with Crippen molar-refractivity contribution in [3.63, 3.8) is 0 Å². The minimum Gasteiger partial charge on any atom is -0.376 e. The van der Waals surface area contributed by atoms with Gasteiger partial charge >= 0.3 is 0 Å². The predicted molar refractivity (Wildman–Crippen MR) is 88.6 cm³/mol. The largest absolute Gasteiger partial charge is 0.376 e. The van der Waals surface area contributed by atoms with Crippen LogP contribution in [0.4, 0.5) is 0 Å². The summed E-state index contributed by atoms with van der Waals surface area (Å²) in [6.07, 6.45) is -0.746. The molecule has 0 saturated heterocycles. The van der Waals surface area contributed by atoms with Crippen LogP contribution in [-0.4, -0.2) is 5.11 Å². The number of aliphatic hydroxyl groups is 1. The van der Waals surface area contributed by atoms with Crippen LogP contribution in [0, 0.1) is 11.8 Å². The van der Waals surface area contributed by atoms with Crippen LogP contribution in [0.5, 0.6) is 0 Å². The summed E-state index contributed by atoms with van der Waals surface area (Å²) in [5.74, 6) is 5.66. The van der Waals surface area contributed by atoms with Crippen molar-refractivity contribution in [1.82, 2.24) is 0 Å². The Hall–Kier alpha value is -2.56. The molecular weight excluding hydrogens is 256 g/mol. The highest BCUT2D eigenvalue weighted by molar-refractivity contribution is 6.23. The van der Waals surface area contributed by atoms with Gasteiger partial charge < -0.3 is 5.11 Å². The second-order valence-corrected chi connectivity index (χ2v) is 5.31. The Labute approximate surface area is 123 Å². The molecule has 0 aromatic heterocycles. The lowest BCUT2D eigenvalue weighted by atomic mass is 9.90. The molecule has 1 nitrogen and oxygen atoms in total. The fourth-order valence-corrected chi connectivity index (χ4v) is 3.23. The van der Waals surface area contributed by atoms with E-state index in [1.807, 2.05) is 6.07 Å². The van der Waals surface area contributed by atoms with E-state index < -0.39 is 6.10 Å². The van der Waals surface area contributed by atoms with Crippen LogP contribution in [0.3, 0.4) is 0 Å². The third kappa shape index (κ3) is 1.70. The molecule has 4 aromatic carbocycles. The van der Waals surface area contributed by atoms with Crippen LogP contribution in [0.2, 0.25) is 0 Å². The summed E-state index contributed by atoms with van der Waals surface area (Å²) in [7, 11) is 0. The summed E-state index contributed by atoms with van der Waals surface area (Å²) >= 11 is 0. The standard InChI is InChI=1S/C20H14O/c1-2-5-18(21)17-12-15-8-3-6-13-10-11-14-7-4-9-16(17)20(14)19(13)15/h3-4,6-12,18,21H,1H3. The average Bonchev–Trinajstić information content (AvgIpc) is 2.52. The zero-order valence-electron chi connectivity index (χ0n) is 11.7. The lowest BCUT2D eigenvalue weighted by molar-refractivity contribution is 0.240. The van der Waals surface area contributed by atoms with Crippen molar-refractivity contribution in [2.24, 2.45) is 0 Å². The fourth-order valence-electron chi connectivity index (χ4n) is 3.23. The molecule has 1 N–H and O–H groups in total. The van der Waals surface area contributed by atoms with Crippen LogP contribution >= 0.6 is 0 Å². The Morgan fingerprint density at radius 1 is 0.857 bits per heavy atom. The molecule has 0 heterocycles. The third-order valence-corrected chi connectivity index (χ3v) is 4.12. The number of benzene rings is 4. The maximum Gasteiger partial charge on any atom is 0.140 e. The van der Waals surface area contributed by atoms with E-state index in [2.05, 4.69) is 60.4 Å². The SMILES string of the molecule is CC#CC(O)c1cc2cccc3ccc4cccc1c4c32. The summed E-state index contributed by atoms with van der Waals surface area (Å²) < 4.78 is 0. The van der Waals surface area contributed by atoms with Gasteiger partial charge in [0, 0.05) is 5.56 Å². The molecule has 1 heteroatoms. The molecule has 0 amide bonds. The highest BCUT2D eigenvalue weighted by atomic mass is 16.3. The second kappa shape index (κ2) is 4.48. The second-order valence-electron chi connectivity index (χ2n) is 5.31. The van der Waals surface area contributed by atoms with Gasteiger partial charge in [-0.15, -0.1) is 5.92 Å². The lowest BCUT2D eigenvalue weighted by Gasteiger charge is -2.15. The van der Waals surface area contributed by atoms with Gasteiger partial charge in [-0.1, -0.05) is 54.5 Å². The fraction of sp³-hybridized carbons (Fsp3) is 0.100. The summed E-state index contributed by atoms with van der Waals surface area (Å²) in [6, 6.07) is 18.9. The summed E-state index contributed by atoms with van der Waals surface area (Å²) in [4.78, 5) is 0. The highest BCUT2D eigenvalue weighted by Gasteiger charge is 2.14. The highest BCUT2D eigenvalue weighted by Crippen LogP contribution is 2.38. The van der Waals surface area contributed by atoms with E-state index in [1.54, 1.807) is 6.92 Å². The van der Waals surface area contributed by atoms with Crippen LogP contribution in [0.15, 0.2) is 54.6 Å². The smallest absolute Gasteiger partial charge is 0.140 e. The van der Waals surface area contributed by atoms with Crippen molar-refractivity contribution in [1.29, 1.82) is 0 Å². The van der Waals surface area contributed by atoms with Crippen molar-refractivity contribution in [2.45, 2.75) is 13.0 Å². The first-order chi connectivity index (χ1) is 10.3. The van der Waals surface area contributed by atoms with Crippen LogP contribution in [-0.2, 0) is 0 Å². The summed E-state index contributed by atoms with van der Waals surface area (Å²) in [6.45, 7) is 1.75. The van der Waals surface area contributed by atoms with Gasteiger partial charge in [0.05, 0.1) is 0 Å². The van der Waals surface area contributed by atoms with Gasteiger partial charge in [-0.25, -0.2) is 0 Å². The Morgan fingerprint density at radius 3 is 2.29 bits per heavy atom. The number of aliphatic hydroxyl groups excluding tert-OH is 1. The van der Waals surface area contributed by atoms with Crippen molar-refractivity contribution >= 4 is 32.3 Å². The van der Waals surface area contributed by atoms with E-state index in [9.17, 15) is 5.11 Å². The summed E-state index contributed by atoms with van der Waals surface area (Å²) in [5, 5.41) is 17.5. The normalized spacial score (nSPS) is 12.7. The van der Waals surface area contributed by atoms with E-state index in [-0.39, 0.29) is 0 Å². The molecule has 4 aromatic rings. The molecule has 1 atom stereocenters. The Kier molecular flexibility index (Phi) is 2.60. The van der Waals surface area contributed by atoms with Crippen LogP contribution in [0.1, 0.15) is 18.6 Å². The Bertz CT molecular complexity index is 1020. The molecule has 1 unspecified atom stereocenters. The Balaban J connectivity index is 2.27. The van der Waals surface area contributed by atoms with Gasteiger partial charge in [-0.2, -0.15) is 0 Å². The maximum absolute atomic E-state index is 10.4. The van der Waals surface area contributed by atoms with E-state index in [0.717, 1.165) is 16.3 Å². The van der Waals surface area contributed by atoms with E-state index in [4.69, 9.17) is 0 Å². The quantitative estimate of drug-likeness (QED) is 0.394. The van der Waals surface area contributed by atoms with E-state index in [1.165, 1.54) is 21.5 Å². The molecule has 0 saturated carbocycles. The number of hydrogen-bond acceptors (Lipinski definition) is 1. The maximum atomic E-state index is 10.4. The molecule has 0 spiro atoms. The van der Waals surface area contributed by atoms with Gasteiger partial charge in [0.2, 0.25) is 0 Å². The van der Waals surface area contributed by atoms with Crippen molar-refractivity contribution in [3.05, 3.63) is 60.2 Å². The monoisotopic (exact) mass is 270 g/mol. The molecule has 0 aliphatic heterocycles. The van der Waals surface area contributed by atoms with Gasteiger partial charge in [0.25, 0.3) is 0 Å². The topological polar surface area (TPSA) is 20.2 Å². The Morgan fingerprint density at radius 2 is 1.52 bits per heavy atom. The summed E-state index contributed by atoms with van der Waals surface area (Å²) in [5.41, 5.74) is 0.890. The van der Waals surface area contributed by atoms with Crippen molar-refractivity contribution in [2.75, 3.05) is 0 Å². The molecule has 0 fully saturated rings. The van der Waals surface area contributed by atoms with Crippen LogP contribution in [0.25, 0.3) is 32.3 Å². The lowest BCUT2D eigenvalue weighted by Crippen LogP contribution is -1.97. The first-order valence-electron chi connectivity index (χ1n) is 7.06. The van der Waals surface area contributed by atoms with Gasteiger partial charge in [0.15, 0.2) is 0 Å².